The molecule has 0 N–H and O–H groups in total. The van der Waals surface area contributed by atoms with Crippen LogP contribution in [0.5, 0.6) is 5.75 Å². The fourth-order valence-corrected chi connectivity index (χ4v) is 3.10. The van der Waals surface area contributed by atoms with Gasteiger partial charge in [0.1, 0.15) is 17.7 Å². The van der Waals surface area contributed by atoms with E-state index in [1.54, 1.807) is 6.07 Å². The van der Waals surface area contributed by atoms with Gasteiger partial charge in [0.2, 0.25) is 0 Å². The largest absolute Gasteiger partial charge is 0.488 e. The molecule has 4 rings (SSSR count). The van der Waals surface area contributed by atoms with Crippen LogP contribution in [0.2, 0.25) is 0 Å². The van der Waals surface area contributed by atoms with Crippen LogP contribution in [-0.4, -0.2) is 10.7 Å². The molecule has 106 valence electrons. The van der Waals surface area contributed by atoms with E-state index in [-0.39, 0.29) is 11.9 Å². The van der Waals surface area contributed by atoms with Gasteiger partial charge in [0, 0.05) is 23.5 Å². The van der Waals surface area contributed by atoms with Crippen LogP contribution in [0.25, 0.3) is 10.9 Å². The summed E-state index contributed by atoms with van der Waals surface area (Å²) in [4.78, 5) is 0. The highest BCUT2D eigenvalue weighted by Gasteiger charge is 2.23. The van der Waals surface area contributed by atoms with Gasteiger partial charge in [-0.15, -0.1) is 0 Å². The van der Waals surface area contributed by atoms with Crippen LogP contribution in [0, 0.1) is 12.7 Å². The van der Waals surface area contributed by atoms with E-state index in [2.05, 4.69) is 23.6 Å². The van der Waals surface area contributed by atoms with Crippen LogP contribution < -0.4 is 4.74 Å². The summed E-state index contributed by atoms with van der Waals surface area (Å²) in [5, 5.41) is 0.932. The van der Waals surface area contributed by atoms with Crippen LogP contribution in [0.15, 0.2) is 48.7 Å². The van der Waals surface area contributed by atoms with Crippen molar-refractivity contribution in [3.8, 4) is 5.75 Å². The SMILES string of the molecule is Cc1ccc2c(c1)CC(Cn1ccc3cc(F)ccc31)O2. The standard InChI is InChI=1S/C18H16FNO/c1-12-2-5-18-14(8-12)10-16(21-18)11-20-7-6-13-9-15(19)3-4-17(13)20/h2-9,16H,10-11H2,1H3. The molecule has 1 aliphatic rings. The highest BCUT2D eigenvalue weighted by atomic mass is 19.1. The zero-order valence-electron chi connectivity index (χ0n) is 11.8. The van der Waals surface area contributed by atoms with Gasteiger partial charge in [-0.05, 0) is 42.8 Å². The third kappa shape index (κ3) is 2.19. The van der Waals surface area contributed by atoms with E-state index in [0.29, 0.717) is 0 Å². The molecule has 3 heteroatoms. The molecule has 1 aliphatic heterocycles. The number of aromatic nitrogens is 1. The average molecular weight is 281 g/mol. The fourth-order valence-electron chi connectivity index (χ4n) is 3.10. The molecule has 0 amide bonds. The van der Waals surface area contributed by atoms with Gasteiger partial charge < -0.3 is 9.30 Å². The summed E-state index contributed by atoms with van der Waals surface area (Å²) in [6, 6.07) is 13.2. The Kier molecular flexibility index (Phi) is 2.74. The van der Waals surface area contributed by atoms with Crippen molar-refractivity contribution in [2.45, 2.75) is 26.0 Å². The quantitative estimate of drug-likeness (QED) is 0.690. The minimum absolute atomic E-state index is 0.141. The first-order valence-corrected chi connectivity index (χ1v) is 7.19. The number of halogens is 1. The molecule has 0 saturated carbocycles. The number of fused-ring (bicyclic) bond motifs is 2. The van der Waals surface area contributed by atoms with Crippen molar-refractivity contribution in [2.75, 3.05) is 0 Å². The van der Waals surface area contributed by atoms with E-state index in [1.807, 2.05) is 24.4 Å². The van der Waals surface area contributed by atoms with E-state index in [0.717, 1.165) is 29.6 Å². The number of benzene rings is 2. The molecular weight excluding hydrogens is 265 g/mol. The number of nitrogens with zero attached hydrogens (tertiary/aromatic N) is 1. The zero-order valence-corrected chi connectivity index (χ0v) is 11.8. The van der Waals surface area contributed by atoms with Crippen molar-refractivity contribution in [1.29, 1.82) is 0 Å². The third-order valence-corrected chi connectivity index (χ3v) is 4.09. The van der Waals surface area contributed by atoms with Crippen LogP contribution in [-0.2, 0) is 13.0 Å². The van der Waals surface area contributed by atoms with Crippen molar-refractivity contribution in [1.82, 2.24) is 4.57 Å². The molecule has 1 atom stereocenters. The molecule has 2 heterocycles. The molecule has 0 saturated heterocycles. The zero-order chi connectivity index (χ0) is 14.4. The minimum atomic E-state index is -0.194. The number of ether oxygens (including phenoxy) is 1. The first-order chi connectivity index (χ1) is 10.2. The highest BCUT2D eigenvalue weighted by Crippen LogP contribution is 2.30. The maximum atomic E-state index is 13.2. The normalized spacial score (nSPS) is 17.0. The van der Waals surface area contributed by atoms with Crippen molar-refractivity contribution in [3.63, 3.8) is 0 Å². The summed E-state index contributed by atoms with van der Waals surface area (Å²) in [6.07, 6.45) is 3.07. The monoisotopic (exact) mass is 281 g/mol. The predicted octanol–water partition coefficient (Wildman–Crippen LogP) is 4.09. The summed E-state index contributed by atoms with van der Waals surface area (Å²) in [7, 11) is 0. The lowest BCUT2D eigenvalue weighted by Crippen LogP contribution is -2.20. The molecule has 21 heavy (non-hydrogen) atoms. The van der Waals surface area contributed by atoms with Gasteiger partial charge in [-0.25, -0.2) is 4.39 Å². The van der Waals surface area contributed by atoms with Gasteiger partial charge in [0.25, 0.3) is 0 Å². The maximum Gasteiger partial charge on any atom is 0.123 e. The van der Waals surface area contributed by atoms with Crippen molar-refractivity contribution < 1.29 is 9.13 Å². The van der Waals surface area contributed by atoms with Crippen LogP contribution in [0.1, 0.15) is 11.1 Å². The molecule has 0 fully saturated rings. The van der Waals surface area contributed by atoms with Crippen LogP contribution in [0.3, 0.4) is 0 Å². The third-order valence-electron chi connectivity index (χ3n) is 4.09. The Labute approximate surface area is 122 Å². The van der Waals surface area contributed by atoms with E-state index >= 15 is 0 Å². The van der Waals surface area contributed by atoms with Gasteiger partial charge in [0.15, 0.2) is 0 Å². The second kappa shape index (κ2) is 4.62. The fraction of sp³-hybridized carbons (Fsp3) is 0.222. The highest BCUT2D eigenvalue weighted by molar-refractivity contribution is 5.80. The van der Waals surface area contributed by atoms with E-state index in [9.17, 15) is 4.39 Å². The van der Waals surface area contributed by atoms with Gasteiger partial charge in [-0.3, -0.25) is 0 Å². The Bertz CT molecular complexity index is 821. The average Bonchev–Trinajstić information content (AvgIpc) is 3.02. The van der Waals surface area contributed by atoms with Crippen molar-refractivity contribution >= 4 is 10.9 Å². The van der Waals surface area contributed by atoms with Crippen molar-refractivity contribution in [2.24, 2.45) is 0 Å². The van der Waals surface area contributed by atoms with Gasteiger partial charge in [-0.1, -0.05) is 17.7 Å². The molecule has 1 aromatic heterocycles. The number of hydrogen-bond acceptors (Lipinski definition) is 1. The van der Waals surface area contributed by atoms with Gasteiger partial charge >= 0.3 is 0 Å². The lowest BCUT2D eigenvalue weighted by molar-refractivity contribution is 0.211. The first kappa shape index (κ1) is 12.5. The van der Waals surface area contributed by atoms with Crippen molar-refractivity contribution in [3.05, 3.63) is 65.6 Å². The molecule has 2 nitrogen and oxygen atoms in total. The van der Waals surface area contributed by atoms with E-state index in [4.69, 9.17) is 4.74 Å². The number of rotatable bonds is 2. The second-order valence-electron chi connectivity index (χ2n) is 5.73. The number of hydrogen-bond donors (Lipinski definition) is 0. The van der Waals surface area contributed by atoms with Crippen LogP contribution in [0.4, 0.5) is 4.39 Å². The van der Waals surface area contributed by atoms with Gasteiger partial charge in [-0.2, -0.15) is 0 Å². The lowest BCUT2D eigenvalue weighted by atomic mass is 10.1. The summed E-state index contributed by atoms with van der Waals surface area (Å²) in [5.74, 6) is 0.799. The van der Waals surface area contributed by atoms with E-state index in [1.165, 1.54) is 17.2 Å². The minimum Gasteiger partial charge on any atom is -0.488 e. The second-order valence-corrected chi connectivity index (χ2v) is 5.73. The molecule has 2 aromatic carbocycles. The molecular formula is C18H16FNO. The lowest BCUT2D eigenvalue weighted by Gasteiger charge is -2.12. The molecule has 1 unspecified atom stereocenters. The maximum absolute atomic E-state index is 13.2. The molecule has 0 radical (unpaired) electrons. The van der Waals surface area contributed by atoms with E-state index < -0.39 is 0 Å². The summed E-state index contributed by atoms with van der Waals surface area (Å²) in [6.45, 7) is 2.88. The Balaban J connectivity index is 1.59. The molecule has 3 aromatic rings. The van der Waals surface area contributed by atoms with Gasteiger partial charge in [0.05, 0.1) is 6.54 Å². The summed E-state index contributed by atoms with van der Waals surface area (Å²) < 4.78 is 21.4. The topological polar surface area (TPSA) is 14.2 Å². The Morgan fingerprint density at radius 3 is 3.00 bits per heavy atom. The molecule has 0 aliphatic carbocycles. The predicted molar refractivity (Wildman–Crippen MR) is 81.2 cm³/mol. The number of aryl methyl sites for hydroxylation is 1. The summed E-state index contributed by atoms with van der Waals surface area (Å²) in [5.41, 5.74) is 3.59. The Hall–Kier alpha value is -2.29. The molecule has 0 spiro atoms. The Morgan fingerprint density at radius 1 is 1.19 bits per heavy atom. The first-order valence-electron chi connectivity index (χ1n) is 7.19. The smallest absolute Gasteiger partial charge is 0.123 e. The van der Waals surface area contributed by atoms with Crippen LogP contribution >= 0.6 is 0 Å². The Morgan fingerprint density at radius 2 is 2.10 bits per heavy atom. The summed E-state index contributed by atoms with van der Waals surface area (Å²) >= 11 is 0. The molecule has 0 bridgehead atoms.